The molecule has 0 saturated heterocycles. The molecule has 0 bridgehead atoms. The number of nitrogens with two attached hydrogens (primary N) is 1. The third kappa shape index (κ3) is 5.56. The van der Waals surface area contributed by atoms with Crippen LogP contribution in [0.25, 0.3) is 0 Å². The number of hydrogen-bond donors (Lipinski definition) is 2. The SMILES string of the molecule is I.NC(=NCCc1ccc(F)cc1)Nc1ccccc1. The van der Waals surface area contributed by atoms with Gasteiger partial charge in [-0.25, -0.2) is 4.39 Å². The first-order chi connectivity index (χ1) is 9.24. The van der Waals surface area contributed by atoms with Crippen LogP contribution >= 0.6 is 24.0 Å². The number of guanidine groups is 1. The molecule has 0 fully saturated rings. The van der Waals surface area contributed by atoms with Gasteiger partial charge in [0.1, 0.15) is 5.82 Å². The van der Waals surface area contributed by atoms with Gasteiger partial charge in [0.05, 0.1) is 0 Å². The van der Waals surface area contributed by atoms with E-state index in [1.807, 2.05) is 30.3 Å². The van der Waals surface area contributed by atoms with Crippen LogP contribution in [0.4, 0.5) is 10.1 Å². The van der Waals surface area contributed by atoms with Gasteiger partial charge in [-0.3, -0.25) is 4.99 Å². The van der Waals surface area contributed by atoms with Gasteiger partial charge >= 0.3 is 0 Å². The highest BCUT2D eigenvalue weighted by Crippen LogP contribution is 2.05. The summed E-state index contributed by atoms with van der Waals surface area (Å²) in [5.41, 5.74) is 7.72. The molecule has 0 aliphatic carbocycles. The standard InChI is InChI=1S/C15H16FN3.HI/c16-13-8-6-12(7-9-13)10-11-18-15(17)19-14-4-2-1-3-5-14;/h1-9H,10-11H2,(H3,17,18,19);1H. The Balaban J connectivity index is 0.00000200. The monoisotopic (exact) mass is 385 g/mol. The van der Waals surface area contributed by atoms with Crippen molar-refractivity contribution >= 4 is 35.6 Å². The van der Waals surface area contributed by atoms with Crippen LogP contribution in [-0.2, 0) is 6.42 Å². The maximum absolute atomic E-state index is 12.7. The van der Waals surface area contributed by atoms with E-state index in [1.54, 1.807) is 12.1 Å². The number of para-hydroxylation sites is 1. The summed E-state index contributed by atoms with van der Waals surface area (Å²) in [5.74, 6) is 0.158. The summed E-state index contributed by atoms with van der Waals surface area (Å²) in [6, 6.07) is 16.0. The molecule has 0 amide bonds. The molecular weight excluding hydrogens is 368 g/mol. The molecule has 2 rings (SSSR count). The number of nitrogens with zero attached hydrogens (tertiary/aromatic N) is 1. The Morgan fingerprint density at radius 1 is 1.05 bits per heavy atom. The molecule has 106 valence electrons. The van der Waals surface area contributed by atoms with Crippen LogP contribution in [0.5, 0.6) is 0 Å². The minimum Gasteiger partial charge on any atom is -0.370 e. The molecule has 0 aliphatic rings. The Hall–Kier alpha value is -1.63. The van der Waals surface area contributed by atoms with Crippen molar-refractivity contribution in [3.05, 3.63) is 66.0 Å². The first kappa shape index (κ1) is 16.4. The van der Waals surface area contributed by atoms with Crippen molar-refractivity contribution in [3.8, 4) is 0 Å². The second-order valence-corrected chi connectivity index (χ2v) is 4.13. The van der Waals surface area contributed by atoms with Gasteiger partial charge in [0.15, 0.2) is 5.96 Å². The van der Waals surface area contributed by atoms with Crippen molar-refractivity contribution in [2.45, 2.75) is 6.42 Å². The number of nitrogens with one attached hydrogen (secondary N) is 1. The molecule has 0 heterocycles. The van der Waals surface area contributed by atoms with Gasteiger partial charge < -0.3 is 11.1 Å². The van der Waals surface area contributed by atoms with E-state index in [0.29, 0.717) is 12.5 Å². The fourth-order valence-electron chi connectivity index (χ4n) is 1.67. The second-order valence-electron chi connectivity index (χ2n) is 4.13. The van der Waals surface area contributed by atoms with E-state index in [4.69, 9.17) is 5.73 Å². The predicted octanol–water partition coefficient (Wildman–Crippen LogP) is 3.41. The summed E-state index contributed by atoms with van der Waals surface area (Å²) in [5, 5.41) is 3.01. The zero-order valence-electron chi connectivity index (χ0n) is 10.9. The highest BCUT2D eigenvalue weighted by atomic mass is 127. The lowest BCUT2D eigenvalue weighted by molar-refractivity contribution is 0.627. The van der Waals surface area contributed by atoms with Crippen LogP contribution < -0.4 is 11.1 Å². The Morgan fingerprint density at radius 3 is 2.35 bits per heavy atom. The summed E-state index contributed by atoms with van der Waals surface area (Å²) in [6.45, 7) is 0.567. The van der Waals surface area contributed by atoms with E-state index < -0.39 is 0 Å². The van der Waals surface area contributed by atoms with Crippen LogP contribution in [0, 0.1) is 5.82 Å². The summed E-state index contributed by atoms with van der Waals surface area (Å²) < 4.78 is 12.7. The molecule has 0 saturated carbocycles. The Morgan fingerprint density at radius 2 is 1.70 bits per heavy atom. The lowest BCUT2D eigenvalue weighted by atomic mass is 10.1. The second kappa shape index (κ2) is 8.52. The van der Waals surface area contributed by atoms with Crippen molar-refractivity contribution in [2.24, 2.45) is 10.7 Å². The maximum atomic E-state index is 12.7. The molecule has 2 aromatic rings. The largest absolute Gasteiger partial charge is 0.370 e. The van der Waals surface area contributed by atoms with Crippen molar-refractivity contribution in [2.75, 3.05) is 11.9 Å². The highest BCUT2D eigenvalue weighted by molar-refractivity contribution is 14.0. The average molecular weight is 385 g/mol. The molecule has 0 unspecified atom stereocenters. The van der Waals surface area contributed by atoms with Crippen molar-refractivity contribution < 1.29 is 4.39 Å². The minimum atomic E-state index is -0.225. The normalized spacial score (nSPS) is 10.8. The maximum Gasteiger partial charge on any atom is 0.193 e. The smallest absolute Gasteiger partial charge is 0.193 e. The zero-order chi connectivity index (χ0) is 13.5. The van der Waals surface area contributed by atoms with Gasteiger partial charge in [-0.1, -0.05) is 30.3 Å². The molecule has 0 atom stereocenters. The van der Waals surface area contributed by atoms with Crippen LogP contribution in [0.1, 0.15) is 5.56 Å². The van der Waals surface area contributed by atoms with Crippen molar-refractivity contribution in [3.63, 3.8) is 0 Å². The Bertz CT molecular complexity index is 541. The highest BCUT2D eigenvalue weighted by Gasteiger charge is 1.95. The van der Waals surface area contributed by atoms with Crippen molar-refractivity contribution in [1.29, 1.82) is 0 Å². The van der Waals surface area contributed by atoms with E-state index in [2.05, 4.69) is 10.3 Å². The molecular formula is C15H17FIN3. The fourth-order valence-corrected chi connectivity index (χ4v) is 1.67. The number of hydrogen-bond acceptors (Lipinski definition) is 1. The third-order valence-corrected chi connectivity index (χ3v) is 2.64. The summed E-state index contributed by atoms with van der Waals surface area (Å²) in [4.78, 5) is 4.23. The summed E-state index contributed by atoms with van der Waals surface area (Å²) in [6.07, 6.45) is 0.734. The average Bonchev–Trinajstić information content (AvgIpc) is 2.42. The number of anilines is 1. The molecule has 3 nitrogen and oxygen atoms in total. The fraction of sp³-hybridized carbons (Fsp3) is 0.133. The van der Waals surface area contributed by atoms with Gasteiger partial charge in [-0.15, -0.1) is 24.0 Å². The van der Waals surface area contributed by atoms with E-state index in [0.717, 1.165) is 17.7 Å². The van der Waals surface area contributed by atoms with Gasteiger partial charge in [0.2, 0.25) is 0 Å². The van der Waals surface area contributed by atoms with E-state index in [1.165, 1.54) is 12.1 Å². The molecule has 0 aliphatic heterocycles. The topological polar surface area (TPSA) is 50.4 Å². The number of rotatable bonds is 4. The molecule has 2 aromatic carbocycles. The Labute approximate surface area is 135 Å². The van der Waals surface area contributed by atoms with Crippen LogP contribution in [0.3, 0.4) is 0 Å². The van der Waals surface area contributed by atoms with Gasteiger partial charge in [-0.05, 0) is 36.2 Å². The molecule has 0 radical (unpaired) electrons. The van der Waals surface area contributed by atoms with Crippen molar-refractivity contribution in [1.82, 2.24) is 0 Å². The number of benzene rings is 2. The Kier molecular flexibility index (Phi) is 7.00. The first-order valence-corrected chi connectivity index (χ1v) is 6.10. The molecule has 0 aromatic heterocycles. The van der Waals surface area contributed by atoms with Gasteiger partial charge in [0, 0.05) is 12.2 Å². The molecule has 20 heavy (non-hydrogen) atoms. The molecule has 0 spiro atoms. The van der Waals surface area contributed by atoms with Gasteiger partial charge in [-0.2, -0.15) is 0 Å². The van der Waals surface area contributed by atoms with E-state index in [9.17, 15) is 4.39 Å². The first-order valence-electron chi connectivity index (χ1n) is 6.10. The quantitative estimate of drug-likeness (QED) is 0.482. The summed E-state index contributed by atoms with van der Waals surface area (Å²) >= 11 is 0. The third-order valence-electron chi connectivity index (χ3n) is 2.64. The zero-order valence-corrected chi connectivity index (χ0v) is 13.3. The number of halogens is 2. The lowest BCUT2D eigenvalue weighted by Gasteiger charge is -2.05. The molecule has 5 heteroatoms. The summed E-state index contributed by atoms with van der Waals surface area (Å²) in [7, 11) is 0. The van der Waals surface area contributed by atoms with E-state index >= 15 is 0 Å². The lowest BCUT2D eigenvalue weighted by Crippen LogP contribution is -2.23. The predicted molar refractivity (Wildman–Crippen MR) is 92.1 cm³/mol. The van der Waals surface area contributed by atoms with Crippen LogP contribution in [-0.4, -0.2) is 12.5 Å². The van der Waals surface area contributed by atoms with E-state index in [-0.39, 0.29) is 29.8 Å². The van der Waals surface area contributed by atoms with Gasteiger partial charge in [0.25, 0.3) is 0 Å². The van der Waals surface area contributed by atoms with Crippen LogP contribution in [0.15, 0.2) is 59.6 Å². The number of aliphatic imine (C=N–C) groups is 1. The minimum absolute atomic E-state index is 0. The van der Waals surface area contributed by atoms with Crippen LogP contribution in [0.2, 0.25) is 0 Å². The molecule has 3 N–H and O–H groups in total.